The fourth-order valence-electron chi connectivity index (χ4n) is 9.60. The summed E-state index contributed by atoms with van der Waals surface area (Å²) in [4.78, 5) is 0. The molecule has 2 aromatic heterocycles. The summed E-state index contributed by atoms with van der Waals surface area (Å²) in [5.74, 6) is 0. The van der Waals surface area contributed by atoms with Crippen molar-refractivity contribution in [2.75, 3.05) is 0 Å². The number of rotatable bonds is 6. The Bertz CT molecular complexity index is 2960. The van der Waals surface area contributed by atoms with Crippen molar-refractivity contribution in [3.8, 4) is 22.5 Å². The first-order valence-electron chi connectivity index (χ1n) is 19.3. The van der Waals surface area contributed by atoms with E-state index in [1.165, 1.54) is 81.7 Å². The van der Waals surface area contributed by atoms with Crippen LogP contribution in [0.1, 0.15) is 20.8 Å². The summed E-state index contributed by atoms with van der Waals surface area (Å²) in [5, 5.41) is 9.32. The van der Waals surface area contributed by atoms with Crippen LogP contribution in [0.5, 0.6) is 0 Å². The Kier molecular flexibility index (Phi) is 7.76. The lowest BCUT2D eigenvalue weighted by Gasteiger charge is -2.44. The second kappa shape index (κ2) is 12.9. The van der Waals surface area contributed by atoms with Gasteiger partial charge in [0.1, 0.15) is 0 Å². The van der Waals surface area contributed by atoms with Crippen molar-refractivity contribution in [1.82, 2.24) is 9.13 Å². The third kappa shape index (κ3) is 5.00. The summed E-state index contributed by atoms with van der Waals surface area (Å²) in [6.45, 7) is 7.33. The van der Waals surface area contributed by atoms with E-state index in [1.54, 1.807) is 0 Å². The summed E-state index contributed by atoms with van der Waals surface area (Å²) in [6.07, 6.45) is 0. The molecule has 0 bridgehead atoms. The topological polar surface area (TPSA) is 9.86 Å². The highest BCUT2D eigenvalue weighted by Gasteiger charge is 2.49. The Morgan fingerprint density at radius 1 is 0.364 bits per heavy atom. The first kappa shape index (κ1) is 33.2. The molecule has 10 aromatic rings. The first-order valence-corrected chi connectivity index (χ1v) is 21.3. The van der Waals surface area contributed by atoms with Crippen LogP contribution in [0, 0.1) is 0 Å². The van der Waals surface area contributed by atoms with Gasteiger partial charge in [-0.15, -0.1) is 0 Å². The minimum absolute atomic E-state index is 0.0135. The van der Waals surface area contributed by atoms with Gasteiger partial charge in [-0.3, -0.25) is 0 Å². The summed E-state index contributed by atoms with van der Waals surface area (Å²) in [5.41, 5.74) is 9.56. The van der Waals surface area contributed by atoms with Crippen LogP contribution in [0.4, 0.5) is 0 Å². The van der Waals surface area contributed by atoms with Gasteiger partial charge < -0.3 is 9.13 Å². The van der Waals surface area contributed by atoms with Crippen LogP contribution in [-0.2, 0) is 0 Å². The largest absolute Gasteiger partial charge is 0.307 e. The molecule has 0 spiro atoms. The van der Waals surface area contributed by atoms with Crippen molar-refractivity contribution in [3.63, 3.8) is 0 Å². The number of para-hydroxylation sites is 4. The zero-order valence-electron chi connectivity index (χ0n) is 31.4. The number of hydrogen-bond acceptors (Lipinski definition) is 0. The van der Waals surface area contributed by atoms with Gasteiger partial charge in [0, 0.05) is 27.1 Å². The minimum Gasteiger partial charge on any atom is -0.307 e. The van der Waals surface area contributed by atoms with Crippen LogP contribution >= 0.6 is 0 Å². The van der Waals surface area contributed by atoms with E-state index in [-0.39, 0.29) is 5.04 Å². The molecule has 0 saturated carbocycles. The van der Waals surface area contributed by atoms with E-state index in [1.807, 2.05) is 0 Å². The zero-order valence-corrected chi connectivity index (χ0v) is 32.4. The van der Waals surface area contributed by atoms with Crippen molar-refractivity contribution < 1.29 is 0 Å². The van der Waals surface area contributed by atoms with Crippen molar-refractivity contribution in [2.45, 2.75) is 25.8 Å². The lowest BCUT2D eigenvalue weighted by molar-refractivity contribution is 0.739. The molecule has 0 aliphatic heterocycles. The SMILES string of the molecule is CC(C)(C)[Si](c1ccccc1)(c1ccccc1)c1ccc2c(c1)c1ccccc1n2-c1cccc2c3ccccc3n(-c3ccccc3-c3ccccc3)c12. The lowest BCUT2D eigenvalue weighted by Crippen LogP contribution is -2.72. The van der Waals surface area contributed by atoms with Gasteiger partial charge in [0.15, 0.2) is 8.07 Å². The van der Waals surface area contributed by atoms with E-state index in [0.29, 0.717) is 0 Å². The molecule has 0 fully saturated rings. The van der Waals surface area contributed by atoms with Gasteiger partial charge in [0.2, 0.25) is 0 Å². The molecule has 0 atom stereocenters. The molecule has 0 unspecified atom stereocenters. The summed E-state index contributed by atoms with van der Waals surface area (Å²) >= 11 is 0. The number of benzene rings is 8. The molecule has 8 aromatic carbocycles. The van der Waals surface area contributed by atoms with Gasteiger partial charge in [-0.05, 0) is 56.5 Å². The average molecular weight is 723 g/mol. The molecule has 2 heterocycles. The molecule has 2 nitrogen and oxygen atoms in total. The summed E-state index contributed by atoms with van der Waals surface area (Å²) in [6, 6.07) is 74.3. The Morgan fingerprint density at radius 2 is 0.855 bits per heavy atom. The molecule has 0 saturated heterocycles. The smallest absolute Gasteiger partial charge is 0.153 e. The molecule has 3 heteroatoms. The maximum Gasteiger partial charge on any atom is 0.153 e. The van der Waals surface area contributed by atoms with Crippen molar-refractivity contribution in [3.05, 3.63) is 200 Å². The van der Waals surface area contributed by atoms with Crippen molar-refractivity contribution in [1.29, 1.82) is 0 Å². The third-order valence-electron chi connectivity index (χ3n) is 11.8. The van der Waals surface area contributed by atoms with Crippen LogP contribution in [0.2, 0.25) is 5.04 Å². The van der Waals surface area contributed by atoms with E-state index in [0.717, 1.165) is 0 Å². The number of aromatic nitrogens is 2. The second-order valence-corrected chi connectivity index (χ2v) is 20.5. The van der Waals surface area contributed by atoms with E-state index in [2.05, 4.69) is 230 Å². The fraction of sp³-hybridized carbons (Fsp3) is 0.0769. The maximum absolute atomic E-state index is 2.57. The second-order valence-electron chi connectivity index (χ2n) is 15.7. The lowest BCUT2D eigenvalue weighted by atomic mass is 10.0. The number of fused-ring (bicyclic) bond motifs is 6. The Labute approximate surface area is 323 Å². The van der Waals surface area contributed by atoms with Crippen LogP contribution in [0.25, 0.3) is 66.1 Å². The molecule has 0 radical (unpaired) electrons. The van der Waals surface area contributed by atoms with Crippen LogP contribution in [0.15, 0.2) is 200 Å². The third-order valence-corrected chi connectivity index (χ3v) is 17.6. The maximum atomic E-state index is 2.55. The molecular weight excluding hydrogens is 681 g/mol. The zero-order chi connectivity index (χ0) is 37.1. The van der Waals surface area contributed by atoms with Crippen LogP contribution in [-0.4, -0.2) is 17.2 Å². The molecule has 0 aliphatic rings. The first-order chi connectivity index (χ1) is 27.0. The predicted octanol–water partition coefficient (Wildman–Crippen LogP) is 11.8. The highest BCUT2D eigenvalue weighted by atomic mass is 28.3. The van der Waals surface area contributed by atoms with Gasteiger partial charge in [0.25, 0.3) is 0 Å². The highest BCUT2D eigenvalue weighted by molar-refractivity contribution is 7.13. The van der Waals surface area contributed by atoms with Crippen molar-refractivity contribution in [2.24, 2.45) is 0 Å². The highest BCUT2D eigenvalue weighted by Crippen LogP contribution is 2.42. The molecule has 10 rings (SSSR count). The van der Waals surface area contributed by atoms with Crippen LogP contribution < -0.4 is 15.6 Å². The van der Waals surface area contributed by atoms with Gasteiger partial charge in [0.05, 0.1) is 33.4 Å². The fourth-order valence-corrected chi connectivity index (χ4v) is 15.3. The summed E-state index contributed by atoms with van der Waals surface area (Å²) in [7, 11) is -2.57. The van der Waals surface area contributed by atoms with Crippen LogP contribution in [0.3, 0.4) is 0 Å². The van der Waals surface area contributed by atoms with E-state index >= 15 is 0 Å². The van der Waals surface area contributed by atoms with Gasteiger partial charge >= 0.3 is 0 Å². The van der Waals surface area contributed by atoms with Gasteiger partial charge in [-0.25, -0.2) is 0 Å². The van der Waals surface area contributed by atoms with Crippen molar-refractivity contribution >= 4 is 67.2 Å². The average Bonchev–Trinajstić information content (AvgIpc) is 3.75. The molecule has 264 valence electrons. The predicted molar refractivity (Wildman–Crippen MR) is 238 cm³/mol. The Balaban J connectivity index is 1.31. The molecule has 55 heavy (non-hydrogen) atoms. The summed E-state index contributed by atoms with van der Waals surface area (Å²) < 4.78 is 5.02. The quantitative estimate of drug-likeness (QED) is 0.119. The number of nitrogens with zero attached hydrogens (tertiary/aromatic N) is 2. The Morgan fingerprint density at radius 3 is 1.51 bits per heavy atom. The van der Waals surface area contributed by atoms with E-state index < -0.39 is 8.07 Å². The standard InChI is InChI=1S/C52H42N2Si/c1-52(2,3)55(38-22-9-5-10-23-38,39-24-11-6-12-25-39)40-34-35-49-45(36-40)43-28-15-17-31-47(43)53(49)50-33-19-29-44-42-27-14-18-32-48(42)54(51(44)50)46-30-16-13-26-41(46)37-20-7-4-8-21-37/h4-36H,1-3H3. The minimum atomic E-state index is -2.57. The van der Waals surface area contributed by atoms with Gasteiger partial charge in [-0.1, -0.05) is 191 Å². The normalized spacial score (nSPS) is 12.3. The molecular formula is C52H42N2Si. The molecule has 0 N–H and O–H groups in total. The van der Waals surface area contributed by atoms with E-state index in [4.69, 9.17) is 0 Å². The monoisotopic (exact) mass is 722 g/mol. The molecule has 0 amide bonds. The number of hydrogen-bond donors (Lipinski definition) is 0. The van der Waals surface area contributed by atoms with Gasteiger partial charge in [-0.2, -0.15) is 0 Å². The Hall–Kier alpha value is -6.42. The van der Waals surface area contributed by atoms with E-state index in [9.17, 15) is 0 Å². The molecule has 0 aliphatic carbocycles.